The Kier molecular flexibility index (Phi) is 5.97. The van der Waals surface area contributed by atoms with Gasteiger partial charge in [0, 0.05) is 30.2 Å². The zero-order chi connectivity index (χ0) is 14.5. The Morgan fingerprint density at radius 2 is 1.75 bits per heavy atom. The smallest absolute Gasteiger partial charge is 0.236 e. The predicted octanol–water partition coefficient (Wildman–Crippen LogP) is 3.75. The molecule has 0 aliphatic carbocycles. The number of hydrogen-bond acceptors (Lipinski definition) is 2. The summed E-state index contributed by atoms with van der Waals surface area (Å²) in [4.78, 5) is 13.9. The van der Waals surface area contributed by atoms with Crippen LogP contribution in [0.5, 0.6) is 0 Å². The average molecular weight is 336 g/mol. The van der Waals surface area contributed by atoms with Crippen LogP contribution in [0.4, 0.5) is 0 Å². The molecule has 1 amide bonds. The number of piperidine rings is 1. The van der Waals surface area contributed by atoms with Crippen LogP contribution in [0.2, 0.25) is 15.1 Å². The monoisotopic (exact) mass is 334 g/mol. The van der Waals surface area contributed by atoms with Gasteiger partial charge in [-0.2, -0.15) is 0 Å². The highest BCUT2D eigenvalue weighted by Gasteiger charge is 2.16. The van der Waals surface area contributed by atoms with Gasteiger partial charge in [0.25, 0.3) is 0 Å². The standard InChI is InChI=1S/C14H17Cl3N2O/c15-11-4-5-12(16)14(17)10(11)8-18-9-13(20)19-6-2-1-3-7-19/h4-5,18H,1-3,6-9H2. The molecule has 3 nitrogen and oxygen atoms in total. The molecule has 1 aliphatic heterocycles. The number of nitrogens with one attached hydrogen (secondary N) is 1. The number of carbonyl (C=O) groups excluding carboxylic acids is 1. The molecular weight excluding hydrogens is 319 g/mol. The highest BCUT2D eigenvalue weighted by Crippen LogP contribution is 2.31. The van der Waals surface area contributed by atoms with Crippen LogP contribution in [0, 0.1) is 0 Å². The van der Waals surface area contributed by atoms with Gasteiger partial charge in [0.2, 0.25) is 5.91 Å². The van der Waals surface area contributed by atoms with Gasteiger partial charge in [-0.15, -0.1) is 0 Å². The molecule has 1 aromatic carbocycles. The van der Waals surface area contributed by atoms with E-state index in [4.69, 9.17) is 34.8 Å². The van der Waals surface area contributed by atoms with Gasteiger partial charge in [-0.3, -0.25) is 4.79 Å². The van der Waals surface area contributed by atoms with Crippen molar-refractivity contribution >= 4 is 40.7 Å². The first-order valence-electron chi connectivity index (χ1n) is 6.70. The lowest BCUT2D eigenvalue weighted by atomic mass is 10.1. The minimum atomic E-state index is 0.124. The quantitative estimate of drug-likeness (QED) is 0.850. The SMILES string of the molecule is O=C(CNCc1c(Cl)ccc(Cl)c1Cl)N1CCCCC1. The summed E-state index contributed by atoms with van der Waals surface area (Å²) in [5, 5.41) is 4.55. The van der Waals surface area contributed by atoms with E-state index in [-0.39, 0.29) is 5.91 Å². The fraction of sp³-hybridized carbons (Fsp3) is 0.500. The first-order valence-corrected chi connectivity index (χ1v) is 7.84. The number of amides is 1. The number of nitrogens with zero attached hydrogens (tertiary/aromatic N) is 1. The minimum absolute atomic E-state index is 0.124. The topological polar surface area (TPSA) is 32.3 Å². The Balaban J connectivity index is 1.86. The van der Waals surface area contributed by atoms with Crippen LogP contribution >= 0.6 is 34.8 Å². The van der Waals surface area contributed by atoms with Gasteiger partial charge in [-0.05, 0) is 31.4 Å². The number of benzene rings is 1. The molecule has 6 heteroatoms. The van der Waals surface area contributed by atoms with Crippen molar-refractivity contribution in [1.82, 2.24) is 10.2 Å². The minimum Gasteiger partial charge on any atom is -0.342 e. The summed E-state index contributed by atoms with van der Waals surface area (Å²) in [6, 6.07) is 3.37. The van der Waals surface area contributed by atoms with E-state index in [0.717, 1.165) is 31.5 Å². The maximum Gasteiger partial charge on any atom is 0.236 e. The molecule has 1 aromatic rings. The van der Waals surface area contributed by atoms with Crippen molar-refractivity contribution in [3.63, 3.8) is 0 Å². The molecule has 0 saturated carbocycles. The van der Waals surface area contributed by atoms with Crippen molar-refractivity contribution in [2.24, 2.45) is 0 Å². The summed E-state index contributed by atoms with van der Waals surface area (Å²) in [6.45, 7) is 2.44. The lowest BCUT2D eigenvalue weighted by Gasteiger charge is -2.26. The van der Waals surface area contributed by atoms with Crippen molar-refractivity contribution in [3.8, 4) is 0 Å². The fourth-order valence-electron chi connectivity index (χ4n) is 2.28. The summed E-state index contributed by atoms with van der Waals surface area (Å²) in [6.07, 6.45) is 3.40. The molecule has 1 aliphatic rings. The molecule has 1 N–H and O–H groups in total. The van der Waals surface area contributed by atoms with Crippen molar-refractivity contribution in [1.29, 1.82) is 0 Å². The number of halogens is 3. The van der Waals surface area contributed by atoms with Gasteiger partial charge < -0.3 is 10.2 Å². The highest BCUT2D eigenvalue weighted by atomic mass is 35.5. The lowest BCUT2D eigenvalue weighted by molar-refractivity contribution is -0.131. The first-order chi connectivity index (χ1) is 9.59. The van der Waals surface area contributed by atoms with Gasteiger partial charge in [0.05, 0.1) is 16.6 Å². The van der Waals surface area contributed by atoms with E-state index in [0.29, 0.717) is 28.2 Å². The predicted molar refractivity (Wildman–Crippen MR) is 83.6 cm³/mol. The molecule has 20 heavy (non-hydrogen) atoms. The van der Waals surface area contributed by atoms with E-state index in [1.54, 1.807) is 12.1 Å². The third-order valence-electron chi connectivity index (χ3n) is 3.43. The number of hydrogen-bond donors (Lipinski definition) is 1. The summed E-state index contributed by atoms with van der Waals surface area (Å²) in [5.41, 5.74) is 0.729. The molecule has 1 fully saturated rings. The van der Waals surface area contributed by atoms with Crippen LogP contribution < -0.4 is 5.32 Å². The maximum atomic E-state index is 12.0. The molecule has 110 valence electrons. The molecule has 0 bridgehead atoms. The third-order valence-corrected chi connectivity index (χ3v) is 4.62. The molecule has 0 radical (unpaired) electrons. The van der Waals surface area contributed by atoms with Crippen LogP contribution in [0.3, 0.4) is 0 Å². The van der Waals surface area contributed by atoms with Gasteiger partial charge in [-0.1, -0.05) is 34.8 Å². The number of rotatable bonds is 4. The van der Waals surface area contributed by atoms with Crippen LogP contribution in [0.15, 0.2) is 12.1 Å². The second-order valence-corrected chi connectivity index (χ2v) is 6.06. The van der Waals surface area contributed by atoms with Gasteiger partial charge in [-0.25, -0.2) is 0 Å². The first kappa shape index (κ1) is 15.9. The molecule has 0 unspecified atom stereocenters. The summed E-state index contributed by atoms with van der Waals surface area (Å²) in [7, 11) is 0. The molecular formula is C14H17Cl3N2O. The molecule has 1 heterocycles. The van der Waals surface area contributed by atoms with Crippen molar-refractivity contribution < 1.29 is 4.79 Å². The Labute approximate surface area is 134 Å². The van der Waals surface area contributed by atoms with Crippen LogP contribution in [0.1, 0.15) is 24.8 Å². The van der Waals surface area contributed by atoms with Crippen molar-refractivity contribution in [2.45, 2.75) is 25.8 Å². The van der Waals surface area contributed by atoms with E-state index < -0.39 is 0 Å². The lowest BCUT2D eigenvalue weighted by Crippen LogP contribution is -2.41. The number of carbonyl (C=O) groups is 1. The fourth-order valence-corrected chi connectivity index (χ4v) is 2.96. The Morgan fingerprint density at radius 1 is 1.10 bits per heavy atom. The average Bonchev–Trinajstić information content (AvgIpc) is 2.47. The highest BCUT2D eigenvalue weighted by molar-refractivity contribution is 6.44. The molecule has 1 saturated heterocycles. The van der Waals surface area contributed by atoms with E-state index in [9.17, 15) is 4.79 Å². The summed E-state index contributed by atoms with van der Waals surface area (Å²) < 4.78 is 0. The summed E-state index contributed by atoms with van der Waals surface area (Å²) >= 11 is 18.2. The van der Waals surface area contributed by atoms with Crippen LogP contribution in [-0.4, -0.2) is 30.4 Å². The van der Waals surface area contributed by atoms with E-state index >= 15 is 0 Å². The third kappa shape index (κ3) is 4.01. The van der Waals surface area contributed by atoms with E-state index in [1.165, 1.54) is 6.42 Å². The summed E-state index contributed by atoms with van der Waals surface area (Å²) in [5.74, 6) is 0.124. The second-order valence-electron chi connectivity index (χ2n) is 4.87. The van der Waals surface area contributed by atoms with Crippen LogP contribution in [0.25, 0.3) is 0 Å². The van der Waals surface area contributed by atoms with Gasteiger partial charge in [0.15, 0.2) is 0 Å². The van der Waals surface area contributed by atoms with E-state index in [2.05, 4.69) is 5.32 Å². The van der Waals surface area contributed by atoms with Gasteiger partial charge >= 0.3 is 0 Å². The number of likely N-dealkylation sites (tertiary alicyclic amines) is 1. The van der Waals surface area contributed by atoms with Crippen LogP contribution in [-0.2, 0) is 11.3 Å². The normalized spacial score (nSPS) is 15.4. The largest absolute Gasteiger partial charge is 0.342 e. The Morgan fingerprint density at radius 3 is 2.45 bits per heavy atom. The van der Waals surface area contributed by atoms with Crippen molar-refractivity contribution in [3.05, 3.63) is 32.8 Å². The maximum absolute atomic E-state index is 12.0. The molecule has 0 aromatic heterocycles. The second kappa shape index (κ2) is 7.51. The van der Waals surface area contributed by atoms with Gasteiger partial charge in [0.1, 0.15) is 0 Å². The Hall–Kier alpha value is -0.480. The molecule has 0 spiro atoms. The molecule has 0 atom stereocenters. The van der Waals surface area contributed by atoms with E-state index in [1.807, 2.05) is 4.90 Å². The molecule has 2 rings (SSSR count). The zero-order valence-electron chi connectivity index (χ0n) is 11.1. The van der Waals surface area contributed by atoms with Crippen molar-refractivity contribution in [2.75, 3.05) is 19.6 Å². The Bertz CT molecular complexity index is 488. The zero-order valence-corrected chi connectivity index (χ0v) is 13.4.